The second-order valence-corrected chi connectivity index (χ2v) is 11.7. The van der Waals surface area contributed by atoms with Crippen molar-refractivity contribution in [2.24, 2.45) is 0 Å². The molecular weight excluding hydrogens is 462 g/mol. The number of nitrogens with zero attached hydrogens (tertiary/aromatic N) is 2. The molecule has 2 aromatic carbocycles. The molecule has 0 bridgehead atoms. The minimum absolute atomic E-state index is 0.0142. The molecule has 2 amide bonds. The first-order valence-corrected chi connectivity index (χ1v) is 14.2. The summed E-state index contributed by atoms with van der Waals surface area (Å²) in [6, 6.07) is 15.4. The van der Waals surface area contributed by atoms with Crippen LogP contribution in [0.3, 0.4) is 0 Å². The molecule has 0 spiro atoms. The zero-order chi connectivity index (χ0) is 25.0. The van der Waals surface area contributed by atoms with Crippen molar-refractivity contribution in [3.63, 3.8) is 0 Å². The van der Waals surface area contributed by atoms with E-state index in [4.69, 9.17) is 0 Å². The average molecular weight is 498 g/mol. The molecule has 188 valence electrons. The molecule has 1 saturated heterocycles. The maximum Gasteiger partial charge on any atom is 0.226 e. The third-order valence-electron chi connectivity index (χ3n) is 7.00. The summed E-state index contributed by atoms with van der Waals surface area (Å²) in [5, 5.41) is 3.03. The predicted octanol–water partition coefficient (Wildman–Crippen LogP) is 3.32. The zero-order valence-corrected chi connectivity index (χ0v) is 21.4. The Morgan fingerprint density at radius 1 is 1.06 bits per heavy atom. The van der Waals surface area contributed by atoms with Gasteiger partial charge in [-0.05, 0) is 55.5 Å². The zero-order valence-electron chi connectivity index (χ0n) is 20.6. The number of nitrogens with one attached hydrogen (secondary N) is 1. The second kappa shape index (κ2) is 10.9. The van der Waals surface area contributed by atoms with E-state index in [9.17, 15) is 18.0 Å². The van der Waals surface area contributed by atoms with E-state index in [1.54, 1.807) is 23.1 Å². The highest BCUT2D eigenvalue weighted by atomic mass is 32.2. The lowest BCUT2D eigenvalue weighted by molar-refractivity contribution is -0.121. The van der Waals surface area contributed by atoms with Crippen molar-refractivity contribution in [1.29, 1.82) is 0 Å². The molecule has 2 aromatic rings. The van der Waals surface area contributed by atoms with Gasteiger partial charge in [0.1, 0.15) is 0 Å². The molecule has 2 heterocycles. The summed E-state index contributed by atoms with van der Waals surface area (Å²) in [4.78, 5) is 29.1. The number of sulfone groups is 1. The fraction of sp³-hybridized carbons (Fsp3) is 0.481. The Morgan fingerprint density at radius 2 is 1.77 bits per heavy atom. The van der Waals surface area contributed by atoms with Gasteiger partial charge in [0.15, 0.2) is 9.84 Å². The Labute approximate surface area is 208 Å². The van der Waals surface area contributed by atoms with Gasteiger partial charge in [0, 0.05) is 50.2 Å². The molecule has 7 nitrogen and oxygen atoms in total. The molecule has 0 radical (unpaired) electrons. The molecule has 0 aromatic heterocycles. The Hall–Kier alpha value is -2.71. The monoisotopic (exact) mass is 497 g/mol. The van der Waals surface area contributed by atoms with Crippen LogP contribution in [0.5, 0.6) is 0 Å². The summed E-state index contributed by atoms with van der Waals surface area (Å²) in [5.74, 6) is -0.406. The van der Waals surface area contributed by atoms with E-state index in [2.05, 4.69) is 22.3 Å². The number of rotatable bonds is 8. The lowest BCUT2D eigenvalue weighted by Gasteiger charge is -2.32. The van der Waals surface area contributed by atoms with Crippen molar-refractivity contribution in [1.82, 2.24) is 10.2 Å². The van der Waals surface area contributed by atoms with E-state index in [0.29, 0.717) is 12.8 Å². The number of amides is 2. The normalized spacial score (nSPS) is 18.9. The molecule has 1 unspecified atom stereocenters. The quantitative estimate of drug-likeness (QED) is 0.605. The van der Waals surface area contributed by atoms with Crippen LogP contribution >= 0.6 is 0 Å². The van der Waals surface area contributed by atoms with Crippen LogP contribution in [0.1, 0.15) is 50.7 Å². The Bertz CT molecular complexity index is 1160. The van der Waals surface area contributed by atoms with E-state index in [0.717, 1.165) is 43.7 Å². The number of benzene rings is 2. The van der Waals surface area contributed by atoms with Gasteiger partial charge in [0.05, 0.1) is 10.6 Å². The lowest BCUT2D eigenvalue weighted by atomic mass is 10.0. The van der Waals surface area contributed by atoms with E-state index >= 15 is 0 Å². The molecule has 2 aliphatic heterocycles. The highest BCUT2D eigenvalue weighted by Gasteiger charge is 2.31. The fourth-order valence-corrected chi connectivity index (χ4v) is 6.36. The van der Waals surface area contributed by atoms with Gasteiger partial charge in [-0.25, -0.2) is 8.42 Å². The first-order chi connectivity index (χ1) is 16.8. The summed E-state index contributed by atoms with van der Waals surface area (Å²) < 4.78 is 25.9. The number of fused-ring (bicyclic) bond motifs is 1. The minimum Gasteiger partial charge on any atom is -0.353 e. The van der Waals surface area contributed by atoms with Crippen molar-refractivity contribution in [2.75, 3.05) is 23.7 Å². The molecule has 35 heavy (non-hydrogen) atoms. The van der Waals surface area contributed by atoms with Gasteiger partial charge in [-0.15, -0.1) is 0 Å². The van der Waals surface area contributed by atoms with Crippen molar-refractivity contribution in [2.45, 2.75) is 69.5 Å². The Morgan fingerprint density at radius 3 is 2.46 bits per heavy atom. The van der Waals surface area contributed by atoms with Crippen LogP contribution in [0, 0.1) is 0 Å². The van der Waals surface area contributed by atoms with Crippen LogP contribution < -0.4 is 10.2 Å². The van der Waals surface area contributed by atoms with Gasteiger partial charge < -0.3 is 10.2 Å². The topological polar surface area (TPSA) is 86.8 Å². The first-order valence-electron chi connectivity index (χ1n) is 12.5. The number of hydrogen-bond donors (Lipinski definition) is 1. The second-order valence-electron chi connectivity index (χ2n) is 9.63. The van der Waals surface area contributed by atoms with E-state index in [1.807, 2.05) is 32.0 Å². The van der Waals surface area contributed by atoms with E-state index in [1.165, 1.54) is 5.56 Å². The van der Waals surface area contributed by atoms with Gasteiger partial charge in [0.25, 0.3) is 0 Å². The largest absolute Gasteiger partial charge is 0.353 e. The first kappa shape index (κ1) is 25.4. The minimum atomic E-state index is -3.59. The van der Waals surface area contributed by atoms with Crippen molar-refractivity contribution in [3.05, 3.63) is 59.7 Å². The molecular formula is C27H35N3O4S. The molecule has 4 rings (SSSR count). The highest BCUT2D eigenvalue weighted by molar-refractivity contribution is 7.91. The SMILES string of the molecule is CCC(=O)N1c2ccc(S(=O)(=O)CCC(=O)NC3CCN(Cc4ccccc4)CC3)cc2CC1C. The maximum atomic E-state index is 12.9. The Kier molecular flexibility index (Phi) is 7.91. The van der Waals surface area contributed by atoms with Crippen LogP contribution in [-0.4, -0.2) is 56.1 Å². The molecule has 2 aliphatic rings. The summed E-state index contributed by atoms with van der Waals surface area (Å²) in [6.07, 6.45) is 2.71. The van der Waals surface area contributed by atoms with Gasteiger partial charge >= 0.3 is 0 Å². The van der Waals surface area contributed by atoms with Gasteiger partial charge in [0.2, 0.25) is 11.8 Å². The maximum absolute atomic E-state index is 12.9. The Balaban J connectivity index is 1.27. The van der Waals surface area contributed by atoms with Crippen LogP contribution in [0.4, 0.5) is 5.69 Å². The van der Waals surface area contributed by atoms with Crippen molar-refractivity contribution < 1.29 is 18.0 Å². The standard InChI is InChI=1S/C27H35N3O4S/c1-3-27(32)30-20(2)17-22-18-24(9-10-25(22)30)35(33,34)16-13-26(31)28-23-11-14-29(15-12-23)19-21-7-5-4-6-8-21/h4-10,18,20,23H,3,11-17,19H2,1-2H3,(H,28,31). The summed E-state index contributed by atoms with van der Waals surface area (Å²) in [7, 11) is -3.59. The van der Waals surface area contributed by atoms with Crippen LogP contribution in [0.2, 0.25) is 0 Å². The van der Waals surface area contributed by atoms with Crippen molar-refractivity contribution >= 4 is 27.3 Å². The van der Waals surface area contributed by atoms with Crippen LogP contribution in [-0.2, 0) is 32.4 Å². The van der Waals surface area contributed by atoms with E-state index in [-0.39, 0.29) is 41.0 Å². The number of anilines is 1. The third kappa shape index (κ3) is 6.11. The van der Waals surface area contributed by atoms with Gasteiger partial charge in [-0.2, -0.15) is 0 Å². The summed E-state index contributed by atoms with van der Waals surface area (Å²) >= 11 is 0. The highest BCUT2D eigenvalue weighted by Crippen LogP contribution is 2.34. The molecule has 1 fully saturated rings. The molecule has 0 saturated carbocycles. The van der Waals surface area contributed by atoms with Crippen LogP contribution in [0.15, 0.2) is 53.4 Å². The summed E-state index contributed by atoms with van der Waals surface area (Å²) in [6.45, 7) is 6.51. The smallest absolute Gasteiger partial charge is 0.226 e. The molecule has 8 heteroatoms. The molecule has 1 N–H and O–H groups in total. The summed E-state index contributed by atoms with van der Waals surface area (Å²) in [5.41, 5.74) is 2.94. The number of carbonyl (C=O) groups excluding carboxylic acids is 2. The van der Waals surface area contributed by atoms with Gasteiger partial charge in [-0.1, -0.05) is 37.3 Å². The lowest BCUT2D eigenvalue weighted by Crippen LogP contribution is -2.44. The van der Waals surface area contributed by atoms with E-state index < -0.39 is 9.84 Å². The molecule has 1 atom stereocenters. The number of hydrogen-bond acceptors (Lipinski definition) is 5. The number of carbonyl (C=O) groups is 2. The molecule has 0 aliphatic carbocycles. The van der Waals surface area contributed by atoms with Crippen LogP contribution in [0.25, 0.3) is 0 Å². The number of likely N-dealkylation sites (tertiary alicyclic amines) is 1. The average Bonchev–Trinajstić information content (AvgIpc) is 3.19. The predicted molar refractivity (Wildman–Crippen MR) is 137 cm³/mol. The van der Waals surface area contributed by atoms with Crippen molar-refractivity contribution in [3.8, 4) is 0 Å². The third-order valence-corrected chi connectivity index (χ3v) is 8.71. The van der Waals surface area contributed by atoms with Gasteiger partial charge in [-0.3, -0.25) is 14.5 Å². The fourth-order valence-electron chi connectivity index (χ4n) is 5.07. The number of piperidine rings is 1.